The number of para-hydroxylation sites is 1. The average Bonchev–Trinajstić information content (AvgIpc) is 2.35. The summed E-state index contributed by atoms with van der Waals surface area (Å²) in [5.41, 5.74) is -1.10. The van der Waals surface area contributed by atoms with Gasteiger partial charge in [-0.2, -0.15) is 9.11 Å². The second-order valence-corrected chi connectivity index (χ2v) is 5.27. The van der Waals surface area contributed by atoms with Crippen LogP contribution in [0.1, 0.15) is 13.3 Å². The van der Waals surface area contributed by atoms with Crippen LogP contribution in [0.4, 0.5) is 10.1 Å². The summed E-state index contributed by atoms with van der Waals surface area (Å²) in [7, 11) is -4.26. The fourth-order valence-electron chi connectivity index (χ4n) is 1.38. The number of benzene rings is 1. The van der Waals surface area contributed by atoms with Crippen molar-refractivity contribution in [3.8, 4) is 12.3 Å². The molecule has 1 N–H and O–H groups in total. The van der Waals surface area contributed by atoms with Crippen molar-refractivity contribution in [1.82, 2.24) is 4.72 Å². The first kappa shape index (κ1) is 15.1. The molecule has 0 aliphatic carbocycles. The molecule has 0 spiro atoms. The van der Waals surface area contributed by atoms with E-state index in [2.05, 4.69) is 10.6 Å². The highest BCUT2D eigenvalue weighted by atomic mass is 32.2. The van der Waals surface area contributed by atoms with E-state index in [9.17, 15) is 22.9 Å². The molecule has 0 bridgehead atoms. The maximum absolute atomic E-state index is 13.4. The maximum Gasteiger partial charge on any atom is 0.324 e. The topological polar surface area (TPSA) is 89.3 Å². The molecule has 1 rings (SSSR count). The Labute approximate surface area is 109 Å². The van der Waals surface area contributed by atoms with Gasteiger partial charge in [-0.1, -0.05) is 18.9 Å². The quantitative estimate of drug-likeness (QED) is 0.503. The Bertz CT molecular complexity index is 637. The molecule has 0 aliphatic rings. The molecule has 8 heteroatoms. The summed E-state index contributed by atoms with van der Waals surface area (Å²) in [5.74, 6) is 0.966. The summed E-state index contributed by atoms with van der Waals surface area (Å²) in [4.78, 5) is 8.92. The first-order valence-corrected chi connectivity index (χ1v) is 6.73. The molecule has 1 unspecified atom stereocenters. The van der Waals surface area contributed by atoms with Crippen molar-refractivity contribution in [1.29, 1.82) is 0 Å². The Morgan fingerprint density at radius 2 is 2.21 bits per heavy atom. The predicted molar refractivity (Wildman–Crippen MR) is 66.3 cm³/mol. The van der Waals surface area contributed by atoms with E-state index >= 15 is 0 Å². The second kappa shape index (κ2) is 5.77. The van der Waals surface area contributed by atoms with Gasteiger partial charge in [-0.3, -0.25) is 10.1 Å². The third kappa shape index (κ3) is 3.27. The lowest BCUT2D eigenvalue weighted by molar-refractivity contribution is -0.390. The summed E-state index contributed by atoms with van der Waals surface area (Å²) in [6.45, 7) is 1.65. The zero-order valence-electron chi connectivity index (χ0n) is 9.96. The van der Waals surface area contributed by atoms with E-state index in [-0.39, 0.29) is 0 Å². The Morgan fingerprint density at radius 1 is 1.58 bits per heavy atom. The maximum atomic E-state index is 13.4. The zero-order chi connectivity index (χ0) is 14.6. The summed E-state index contributed by atoms with van der Waals surface area (Å²) >= 11 is 0. The minimum Gasteiger partial charge on any atom is -0.258 e. The van der Waals surface area contributed by atoms with Crippen LogP contribution in [-0.4, -0.2) is 19.4 Å². The van der Waals surface area contributed by atoms with Crippen LogP contribution < -0.4 is 4.72 Å². The van der Waals surface area contributed by atoms with E-state index in [1.165, 1.54) is 0 Å². The molecule has 0 heterocycles. The van der Waals surface area contributed by atoms with Gasteiger partial charge in [-0.25, -0.2) is 8.42 Å². The van der Waals surface area contributed by atoms with Crippen LogP contribution >= 0.6 is 0 Å². The Balaban J connectivity index is 3.34. The molecule has 0 aromatic heterocycles. The minimum atomic E-state index is -4.26. The third-order valence-electron chi connectivity index (χ3n) is 2.33. The number of hydrogen-bond acceptors (Lipinski definition) is 4. The van der Waals surface area contributed by atoms with Crippen LogP contribution in [-0.2, 0) is 10.0 Å². The lowest BCUT2D eigenvalue weighted by Gasteiger charge is -2.11. The van der Waals surface area contributed by atoms with Crippen molar-refractivity contribution >= 4 is 15.7 Å². The van der Waals surface area contributed by atoms with E-state index < -0.39 is 37.4 Å². The summed E-state index contributed by atoms with van der Waals surface area (Å²) < 4.78 is 39.4. The number of nitrogens with zero attached hydrogens (tertiary/aromatic N) is 1. The van der Waals surface area contributed by atoms with Crippen molar-refractivity contribution in [2.45, 2.75) is 24.3 Å². The SMILES string of the molecule is C#CC(CC)NS(=O)(=O)c1cccc(F)c1[N+](=O)[O-]. The highest BCUT2D eigenvalue weighted by Gasteiger charge is 2.30. The van der Waals surface area contributed by atoms with Gasteiger partial charge in [0, 0.05) is 0 Å². The number of halogens is 1. The average molecular weight is 286 g/mol. The van der Waals surface area contributed by atoms with E-state index in [1.807, 2.05) is 0 Å². The lowest BCUT2D eigenvalue weighted by Crippen LogP contribution is -2.33. The summed E-state index contributed by atoms with van der Waals surface area (Å²) in [6, 6.07) is 2.03. The van der Waals surface area contributed by atoms with Crippen LogP contribution in [0.3, 0.4) is 0 Å². The second-order valence-electron chi connectivity index (χ2n) is 3.59. The Morgan fingerprint density at radius 3 is 2.68 bits per heavy atom. The highest BCUT2D eigenvalue weighted by Crippen LogP contribution is 2.26. The third-order valence-corrected chi connectivity index (χ3v) is 3.83. The van der Waals surface area contributed by atoms with Gasteiger partial charge in [0.15, 0.2) is 4.90 Å². The van der Waals surface area contributed by atoms with Crippen LogP contribution in [0.5, 0.6) is 0 Å². The molecule has 0 amide bonds. The van der Waals surface area contributed by atoms with Crippen molar-refractivity contribution < 1.29 is 17.7 Å². The molecule has 102 valence electrons. The Kier molecular flexibility index (Phi) is 4.58. The zero-order valence-corrected chi connectivity index (χ0v) is 10.8. The fraction of sp³-hybridized carbons (Fsp3) is 0.273. The van der Waals surface area contributed by atoms with E-state index in [1.54, 1.807) is 6.92 Å². The normalized spacial score (nSPS) is 12.7. The van der Waals surface area contributed by atoms with Gasteiger partial charge < -0.3 is 0 Å². The molecule has 0 fully saturated rings. The van der Waals surface area contributed by atoms with Gasteiger partial charge in [0.25, 0.3) is 0 Å². The fourth-order valence-corrected chi connectivity index (χ4v) is 2.80. The number of sulfonamides is 1. The van der Waals surface area contributed by atoms with Crippen molar-refractivity contribution in [3.05, 3.63) is 34.1 Å². The lowest BCUT2D eigenvalue weighted by atomic mass is 10.3. The molecule has 0 saturated heterocycles. The molecule has 1 atom stereocenters. The number of nitro groups is 1. The molecular weight excluding hydrogens is 275 g/mol. The van der Waals surface area contributed by atoms with Gasteiger partial charge in [0.05, 0.1) is 11.0 Å². The predicted octanol–water partition coefficient (Wildman–Crippen LogP) is 1.42. The Hall–Kier alpha value is -1.98. The van der Waals surface area contributed by atoms with E-state index in [4.69, 9.17) is 6.42 Å². The minimum absolute atomic E-state index is 0.304. The van der Waals surface area contributed by atoms with Crippen LogP contribution in [0.2, 0.25) is 0 Å². The number of rotatable bonds is 5. The summed E-state index contributed by atoms with van der Waals surface area (Å²) in [5, 5.41) is 10.7. The van der Waals surface area contributed by atoms with Gasteiger partial charge >= 0.3 is 5.69 Å². The van der Waals surface area contributed by atoms with Crippen LogP contribution in [0.15, 0.2) is 23.1 Å². The summed E-state index contributed by atoms with van der Waals surface area (Å²) in [6.07, 6.45) is 5.42. The molecule has 0 aliphatic heterocycles. The highest BCUT2D eigenvalue weighted by molar-refractivity contribution is 7.89. The number of hydrogen-bond donors (Lipinski definition) is 1. The van der Waals surface area contributed by atoms with Gasteiger partial charge in [-0.05, 0) is 18.6 Å². The van der Waals surface area contributed by atoms with E-state index in [0.717, 1.165) is 18.2 Å². The van der Waals surface area contributed by atoms with Crippen molar-refractivity contribution in [2.24, 2.45) is 0 Å². The molecule has 0 saturated carbocycles. The number of terminal acetylenes is 1. The molecule has 6 nitrogen and oxygen atoms in total. The first-order chi connectivity index (χ1) is 8.83. The monoisotopic (exact) mass is 286 g/mol. The largest absolute Gasteiger partial charge is 0.324 e. The first-order valence-electron chi connectivity index (χ1n) is 5.24. The van der Waals surface area contributed by atoms with Gasteiger partial charge in [0.2, 0.25) is 15.8 Å². The van der Waals surface area contributed by atoms with Gasteiger partial charge in [-0.15, -0.1) is 6.42 Å². The molecule has 1 aromatic rings. The van der Waals surface area contributed by atoms with Gasteiger partial charge in [0.1, 0.15) is 0 Å². The van der Waals surface area contributed by atoms with Crippen molar-refractivity contribution in [2.75, 3.05) is 0 Å². The molecule has 0 radical (unpaired) electrons. The van der Waals surface area contributed by atoms with Crippen LogP contribution in [0.25, 0.3) is 0 Å². The molecular formula is C11H11FN2O4S. The molecule has 1 aromatic carbocycles. The van der Waals surface area contributed by atoms with E-state index in [0.29, 0.717) is 6.42 Å². The van der Waals surface area contributed by atoms with Crippen molar-refractivity contribution in [3.63, 3.8) is 0 Å². The number of nitro benzene ring substituents is 1. The number of nitrogens with one attached hydrogen (secondary N) is 1. The smallest absolute Gasteiger partial charge is 0.258 e. The van der Waals surface area contributed by atoms with Crippen LogP contribution in [0, 0.1) is 28.3 Å². The standard InChI is InChI=1S/C11H11FN2O4S/c1-3-8(4-2)13-19(17,18)10-7-5-6-9(12)11(10)14(15)16/h1,5-8,13H,4H2,2H3. The molecule has 19 heavy (non-hydrogen) atoms.